The van der Waals surface area contributed by atoms with Crippen LogP contribution in [-0.2, 0) is 0 Å². The van der Waals surface area contributed by atoms with E-state index in [2.05, 4.69) is 32.0 Å². The Kier molecular flexibility index (Phi) is 5.35. The quantitative estimate of drug-likeness (QED) is 0.715. The van der Waals surface area contributed by atoms with E-state index in [1.807, 2.05) is 0 Å². The van der Waals surface area contributed by atoms with Gasteiger partial charge in [0, 0.05) is 12.0 Å². The first-order valence-electron chi connectivity index (χ1n) is 6.71. The summed E-state index contributed by atoms with van der Waals surface area (Å²) in [6.45, 7) is 7.89. The molecule has 1 saturated carbocycles. The van der Waals surface area contributed by atoms with Gasteiger partial charge in [0.05, 0.1) is 0 Å². The van der Waals surface area contributed by atoms with E-state index in [-0.39, 0.29) is 5.54 Å². The second kappa shape index (κ2) is 6.30. The molecule has 0 aromatic carbocycles. The summed E-state index contributed by atoms with van der Waals surface area (Å²) in [4.78, 5) is 0. The normalized spacial score (nSPS) is 26.4. The minimum atomic E-state index is 0.244. The van der Waals surface area contributed by atoms with Crippen LogP contribution in [0.1, 0.15) is 59.3 Å². The summed E-state index contributed by atoms with van der Waals surface area (Å²) in [5, 5.41) is 3.65. The first-order chi connectivity index (χ1) is 7.53. The first kappa shape index (κ1) is 13.6. The van der Waals surface area contributed by atoms with Crippen molar-refractivity contribution in [2.45, 2.75) is 64.8 Å². The molecule has 1 N–H and O–H groups in total. The van der Waals surface area contributed by atoms with E-state index in [1.54, 1.807) is 0 Å². The predicted molar refractivity (Wildman–Crippen MR) is 71.3 cm³/mol. The SMILES string of the molecule is C#CCCC1CCCCC1CNC(C)(C)C. The number of terminal acetylenes is 1. The average molecular weight is 221 g/mol. The predicted octanol–water partition coefficient (Wildman–Crippen LogP) is 3.59. The molecule has 0 spiro atoms. The fourth-order valence-corrected chi connectivity index (χ4v) is 2.64. The van der Waals surface area contributed by atoms with E-state index in [0.717, 1.165) is 18.3 Å². The van der Waals surface area contributed by atoms with Crippen LogP contribution in [0.5, 0.6) is 0 Å². The van der Waals surface area contributed by atoms with E-state index < -0.39 is 0 Å². The summed E-state index contributed by atoms with van der Waals surface area (Å²) in [6, 6.07) is 0. The molecule has 1 nitrogen and oxygen atoms in total. The van der Waals surface area contributed by atoms with Gasteiger partial charge in [-0.3, -0.25) is 0 Å². The molecule has 1 heteroatoms. The Morgan fingerprint density at radius 2 is 1.81 bits per heavy atom. The van der Waals surface area contributed by atoms with Crippen LogP contribution in [0, 0.1) is 24.2 Å². The lowest BCUT2D eigenvalue weighted by Crippen LogP contribution is -2.41. The highest BCUT2D eigenvalue weighted by Crippen LogP contribution is 2.32. The number of hydrogen-bond acceptors (Lipinski definition) is 1. The van der Waals surface area contributed by atoms with Gasteiger partial charge in [0.1, 0.15) is 0 Å². The maximum atomic E-state index is 5.37. The van der Waals surface area contributed by atoms with Gasteiger partial charge in [0.2, 0.25) is 0 Å². The van der Waals surface area contributed by atoms with Gasteiger partial charge in [-0.05, 0) is 52.0 Å². The second-order valence-electron chi connectivity index (χ2n) is 6.18. The van der Waals surface area contributed by atoms with Crippen LogP contribution in [0.4, 0.5) is 0 Å². The molecule has 1 fully saturated rings. The van der Waals surface area contributed by atoms with Crippen LogP contribution in [0.3, 0.4) is 0 Å². The van der Waals surface area contributed by atoms with Gasteiger partial charge in [-0.1, -0.05) is 19.3 Å². The smallest absolute Gasteiger partial charge is 0.00966 e. The Morgan fingerprint density at radius 1 is 1.19 bits per heavy atom. The Balaban J connectivity index is 2.38. The van der Waals surface area contributed by atoms with Crippen LogP contribution >= 0.6 is 0 Å². The van der Waals surface area contributed by atoms with E-state index in [9.17, 15) is 0 Å². The highest BCUT2D eigenvalue weighted by Gasteiger charge is 2.25. The van der Waals surface area contributed by atoms with E-state index >= 15 is 0 Å². The molecule has 0 bridgehead atoms. The van der Waals surface area contributed by atoms with Crippen molar-refractivity contribution in [3.05, 3.63) is 0 Å². The summed E-state index contributed by atoms with van der Waals surface area (Å²) in [5.41, 5.74) is 0.244. The fraction of sp³-hybridized carbons (Fsp3) is 0.867. The summed E-state index contributed by atoms with van der Waals surface area (Å²) in [6.07, 6.45) is 13.1. The zero-order valence-electron chi connectivity index (χ0n) is 11.2. The summed E-state index contributed by atoms with van der Waals surface area (Å²) in [7, 11) is 0. The van der Waals surface area contributed by atoms with Gasteiger partial charge >= 0.3 is 0 Å². The van der Waals surface area contributed by atoms with Crippen molar-refractivity contribution in [1.82, 2.24) is 5.32 Å². The Hall–Kier alpha value is -0.480. The Labute approximate surface area is 101 Å². The van der Waals surface area contributed by atoms with E-state index in [0.29, 0.717) is 0 Å². The molecular weight excluding hydrogens is 194 g/mol. The molecule has 92 valence electrons. The molecule has 0 radical (unpaired) electrons. The second-order valence-corrected chi connectivity index (χ2v) is 6.18. The standard InChI is InChI=1S/C15H27N/c1-5-6-9-13-10-7-8-11-14(13)12-16-15(2,3)4/h1,13-14,16H,6-12H2,2-4H3. The van der Waals surface area contributed by atoms with Crippen molar-refractivity contribution in [2.75, 3.05) is 6.54 Å². The third-order valence-corrected chi connectivity index (χ3v) is 3.62. The third-order valence-electron chi connectivity index (χ3n) is 3.62. The highest BCUT2D eigenvalue weighted by atomic mass is 14.9. The van der Waals surface area contributed by atoms with Crippen molar-refractivity contribution in [3.8, 4) is 12.3 Å². The first-order valence-corrected chi connectivity index (χ1v) is 6.71. The molecule has 0 heterocycles. The van der Waals surface area contributed by atoms with Crippen LogP contribution in [0.15, 0.2) is 0 Å². The van der Waals surface area contributed by atoms with E-state index in [4.69, 9.17) is 6.42 Å². The number of nitrogens with one attached hydrogen (secondary N) is 1. The summed E-state index contributed by atoms with van der Waals surface area (Å²) >= 11 is 0. The van der Waals surface area contributed by atoms with E-state index in [1.165, 1.54) is 38.6 Å². The highest BCUT2D eigenvalue weighted by molar-refractivity contribution is 4.87. The van der Waals surface area contributed by atoms with Gasteiger partial charge in [-0.25, -0.2) is 0 Å². The molecule has 1 rings (SSSR count). The van der Waals surface area contributed by atoms with Crippen LogP contribution in [-0.4, -0.2) is 12.1 Å². The molecule has 0 saturated heterocycles. The topological polar surface area (TPSA) is 12.0 Å². The zero-order chi connectivity index (χ0) is 12.0. The summed E-state index contributed by atoms with van der Waals surface area (Å²) in [5.74, 6) is 4.50. The third kappa shape index (κ3) is 5.03. The average Bonchev–Trinajstić information content (AvgIpc) is 2.23. The molecule has 1 aliphatic carbocycles. The number of rotatable bonds is 4. The van der Waals surface area contributed by atoms with Crippen LogP contribution < -0.4 is 5.32 Å². The Morgan fingerprint density at radius 3 is 2.38 bits per heavy atom. The lowest BCUT2D eigenvalue weighted by molar-refractivity contribution is 0.205. The molecule has 0 aromatic heterocycles. The monoisotopic (exact) mass is 221 g/mol. The van der Waals surface area contributed by atoms with Crippen molar-refractivity contribution in [1.29, 1.82) is 0 Å². The van der Waals surface area contributed by atoms with Gasteiger partial charge in [0.25, 0.3) is 0 Å². The zero-order valence-corrected chi connectivity index (χ0v) is 11.2. The van der Waals surface area contributed by atoms with Gasteiger partial charge in [-0.15, -0.1) is 12.3 Å². The van der Waals surface area contributed by atoms with Crippen LogP contribution in [0.25, 0.3) is 0 Å². The van der Waals surface area contributed by atoms with Crippen LogP contribution in [0.2, 0.25) is 0 Å². The Bertz CT molecular complexity index is 231. The maximum absolute atomic E-state index is 5.37. The lowest BCUT2D eigenvalue weighted by atomic mass is 9.76. The van der Waals surface area contributed by atoms with Crippen molar-refractivity contribution in [3.63, 3.8) is 0 Å². The van der Waals surface area contributed by atoms with Gasteiger partial charge < -0.3 is 5.32 Å². The molecule has 0 aliphatic heterocycles. The molecule has 0 aromatic rings. The molecular formula is C15H27N. The molecule has 2 atom stereocenters. The van der Waals surface area contributed by atoms with Crippen molar-refractivity contribution >= 4 is 0 Å². The van der Waals surface area contributed by atoms with Crippen molar-refractivity contribution < 1.29 is 0 Å². The molecule has 16 heavy (non-hydrogen) atoms. The maximum Gasteiger partial charge on any atom is 0.00966 e. The summed E-state index contributed by atoms with van der Waals surface area (Å²) < 4.78 is 0. The molecule has 2 unspecified atom stereocenters. The fourth-order valence-electron chi connectivity index (χ4n) is 2.64. The largest absolute Gasteiger partial charge is 0.312 e. The molecule has 1 aliphatic rings. The minimum absolute atomic E-state index is 0.244. The van der Waals surface area contributed by atoms with Gasteiger partial charge in [0.15, 0.2) is 0 Å². The minimum Gasteiger partial charge on any atom is -0.312 e. The van der Waals surface area contributed by atoms with Crippen molar-refractivity contribution in [2.24, 2.45) is 11.8 Å². The van der Waals surface area contributed by atoms with Gasteiger partial charge in [-0.2, -0.15) is 0 Å². The number of hydrogen-bond donors (Lipinski definition) is 1. The molecule has 0 amide bonds. The lowest BCUT2D eigenvalue weighted by Gasteiger charge is -2.34.